The summed E-state index contributed by atoms with van der Waals surface area (Å²) in [4.78, 5) is 10.6. The first-order chi connectivity index (χ1) is 6.36. The highest BCUT2D eigenvalue weighted by molar-refractivity contribution is 5.71. The molecule has 0 aliphatic rings. The van der Waals surface area contributed by atoms with Crippen molar-refractivity contribution in [1.82, 2.24) is 9.78 Å². The number of hydrogen-bond donors (Lipinski definition) is 0. The highest BCUT2D eigenvalue weighted by Gasteiger charge is 2.20. The number of nitrogens with zero attached hydrogens (tertiary/aromatic N) is 2. The number of carbonyl (C=O) groups is 1. The third-order valence-electron chi connectivity index (χ3n) is 2.10. The van der Waals surface area contributed by atoms with Crippen molar-refractivity contribution in [3.8, 4) is 0 Å². The standard InChI is InChI=1S/C11H18N2O/c1-8(2)10-6-9(7-14)12-13(10)11(3,4)5/h6-8H,1-5H3. The van der Waals surface area contributed by atoms with E-state index in [4.69, 9.17) is 0 Å². The van der Waals surface area contributed by atoms with Crippen LogP contribution in [0.3, 0.4) is 0 Å². The molecule has 1 rings (SSSR count). The number of rotatable bonds is 2. The van der Waals surface area contributed by atoms with Crippen molar-refractivity contribution < 1.29 is 4.79 Å². The maximum atomic E-state index is 10.6. The van der Waals surface area contributed by atoms with Crippen LogP contribution in [-0.2, 0) is 5.54 Å². The van der Waals surface area contributed by atoms with Crippen LogP contribution in [-0.4, -0.2) is 16.1 Å². The van der Waals surface area contributed by atoms with E-state index in [1.165, 1.54) is 0 Å². The lowest BCUT2D eigenvalue weighted by Crippen LogP contribution is -2.25. The molecule has 0 bridgehead atoms. The zero-order valence-corrected chi connectivity index (χ0v) is 9.53. The lowest BCUT2D eigenvalue weighted by Gasteiger charge is -2.23. The van der Waals surface area contributed by atoms with Gasteiger partial charge in [-0.3, -0.25) is 9.48 Å². The van der Waals surface area contributed by atoms with Gasteiger partial charge in [-0.05, 0) is 32.8 Å². The van der Waals surface area contributed by atoms with Crippen LogP contribution in [0, 0.1) is 0 Å². The van der Waals surface area contributed by atoms with Crippen LogP contribution in [0.4, 0.5) is 0 Å². The van der Waals surface area contributed by atoms with E-state index in [0.717, 1.165) is 12.0 Å². The Labute approximate surface area is 85.1 Å². The molecule has 0 atom stereocenters. The van der Waals surface area contributed by atoms with Crippen molar-refractivity contribution in [3.63, 3.8) is 0 Å². The van der Waals surface area contributed by atoms with E-state index in [2.05, 4.69) is 39.7 Å². The zero-order chi connectivity index (χ0) is 10.9. The summed E-state index contributed by atoms with van der Waals surface area (Å²) in [6.45, 7) is 10.5. The van der Waals surface area contributed by atoms with Crippen LogP contribution in [0.2, 0.25) is 0 Å². The Balaban J connectivity index is 3.26. The third-order valence-corrected chi connectivity index (χ3v) is 2.10. The van der Waals surface area contributed by atoms with Crippen molar-refractivity contribution >= 4 is 6.29 Å². The third kappa shape index (κ3) is 2.03. The quantitative estimate of drug-likeness (QED) is 0.678. The maximum absolute atomic E-state index is 10.6. The minimum atomic E-state index is -0.0686. The van der Waals surface area contributed by atoms with Crippen LogP contribution in [0.1, 0.15) is 56.7 Å². The van der Waals surface area contributed by atoms with E-state index in [-0.39, 0.29) is 5.54 Å². The van der Waals surface area contributed by atoms with Gasteiger partial charge in [0.05, 0.1) is 5.54 Å². The molecule has 0 amide bonds. The predicted molar refractivity (Wildman–Crippen MR) is 56.7 cm³/mol. The average Bonchev–Trinajstić information content (AvgIpc) is 2.46. The molecule has 0 saturated carbocycles. The Morgan fingerprint density at radius 2 is 2.00 bits per heavy atom. The van der Waals surface area contributed by atoms with Crippen LogP contribution < -0.4 is 0 Å². The van der Waals surface area contributed by atoms with Gasteiger partial charge in [-0.25, -0.2) is 0 Å². The van der Waals surface area contributed by atoms with E-state index in [9.17, 15) is 4.79 Å². The maximum Gasteiger partial charge on any atom is 0.170 e. The number of aromatic nitrogens is 2. The summed E-state index contributed by atoms with van der Waals surface area (Å²) in [5.41, 5.74) is 1.56. The lowest BCUT2D eigenvalue weighted by atomic mass is 10.1. The van der Waals surface area contributed by atoms with Gasteiger partial charge in [0, 0.05) is 5.69 Å². The van der Waals surface area contributed by atoms with Crippen molar-refractivity contribution in [1.29, 1.82) is 0 Å². The molecule has 0 aromatic carbocycles. The van der Waals surface area contributed by atoms with Gasteiger partial charge >= 0.3 is 0 Å². The van der Waals surface area contributed by atoms with E-state index in [0.29, 0.717) is 11.6 Å². The van der Waals surface area contributed by atoms with Gasteiger partial charge in [-0.1, -0.05) is 13.8 Å². The van der Waals surface area contributed by atoms with Gasteiger partial charge in [-0.15, -0.1) is 0 Å². The molecule has 3 nitrogen and oxygen atoms in total. The van der Waals surface area contributed by atoms with E-state index in [1.807, 2.05) is 10.7 Å². The molecule has 0 aliphatic carbocycles. The SMILES string of the molecule is CC(C)c1cc(C=O)nn1C(C)(C)C. The second-order valence-corrected chi connectivity index (χ2v) is 4.85. The first-order valence-electron chi connectivity index (χ1n) is 4.92. The molecule has 78 valence electrons. The topological polar surface area (TPSA) is 34.9 Å². The van der Waals surface area contributed by atoms with Gasteiger partial charge in [0.1, 0.15) is 5.69 Å². The minimum Gasteiger partial charge on any atom is -0.296 e. The molecule has 1 aromatic heterocycles. The molecule has 14 heavy (non-hydrogen) atoms. The predicted octanol–water partition coefficient (Wildman–Crippen LogP) is 2.57. The van der Waals surface area contributed by atoms with Gasteiger partial charge in [-0.2, -0.15) is 5.10 Å². The highest BCUT2D eigenvalue weighted by Crippen LogP contribution is 2.22. The molecular formula is C11H18N2O. The van der Waals surface area contributed by atoms with Crippen molar-refractivity contribution in [2.75, 3.05) is 0 Å². The summed E-state index contributed by atoms with van der Waals surface area (Å²) in [6.07, 6.45) is 0.800. The number of hydrogen-bond acceptors (Lipinski definition) is 2. The van der Waals surface area contributed by atoms with E-state index >= 15 is 0 Å². The second kappa shape index (κ2) is 3.56. The van der Waals surface area contributed by atoms with Crippen molar-refractivity contribution in [3.05, 3.63) is 17.5 Å². The Morgan fingerprint density at radius 3 is 2.29 bits per heavy atom. The Hall–Kier alpha value is -1.12. The molecule has 0 N–H and O–H groups in total. The Bertz CT molecular complexity index is 332. The van der Waals surface area contributed by atoms with Crippen molar-refractivity contribution in [2.45, 2.75) is 46.1 Å². The first-order valence-corrected chi connectivity index (χ1v) is 4.92. The van der Waals surface area contributed by atoms with Gasteiger partial charge < -0.3 is 0 Å². The molecule has 3 heteroatoms. The van der Waals surface area contributed by atoms with Crippen LogP contribution >= 0.6 is 0 Å². The highest BCUT2D eigenvalue weighted by atomic mass is 16.1. The molecule has 0 spiro atoms. The molecule has 1 aromatic rings. The average molecular weight is 194 g/mol. The fraction of sp³-hybridized carbons (Fsp3) is 0.636. The summed E-state index contributed by atoms with van der Waals surface area (Å²) < 4.78 is 1.93. The minimum absolute atomic E-state index is 0.0686. The van der Waals surface area contributed by atoms with Gasteiger partial charge in [0.2, 0.25) is 0 Å². The molecule has 0 saturated heterocycles. The monoisotopic (exact) mass is 194 g/mol. The fourth-order valence-corrected chi connectivity index (χ4v) is 1.42. The molecular weight excluding hydrogens is 176 g/mol. The first kappa shape index (κ1) is 11.0. The number of aldehydes is 1. The summed E-state index contributed by atoms with van der Waals surface area (Å²) in [5, 5.41) is 4.27. The fourth-order valence-electron chi connectivity index (χ4n) is 1.42. The Morgan fingerprint density at radius 1 is 1.43 bits per heavy atom. The smallest absolute Gasteiger partial charge is 0.170 e. The Kier molecular flexibility index (Phi) is 2.79. The van der Waals surface area contributed by atoms with Crippen LogP contribution in [0.15, 0.2) is 6.07 Å². The summed E-state index contributed by atoms with van der Waals surface area (Å²) >= 11 is 0. The van der Waals surface area contributed by atoms with Crippen LogP contribution in [0.5, 0.6) is 0 Å². The molecule has 0 radical (unpaired) electrons. The lowest BCUT2D eigenvalue weighted by molar-refractivity contribution is 0.111. The molecule has 0 aliphatic heterocycles. The van der Waals surface area contributed by atoms with Gasteiger partial charge in [0.25, 0.3) is 0 Å². The van der Waals surface area contributed by atoms with E-state index < -0.39 is 0 Å². The van der Waals surface area contributed by atoms with Crippen LogP contribution in [0.25, 0.3) is 0 Å². The second-order valence-electron chi connectivity index (χ2n) is 4.85. The largest absolute Gasteiger partial charge is 0.296 e. The molecule has 0 fully saturated rings. The normalized spacial score (nSPS) is 12.1. The van der Waals surface area contributed by atoms with E-state index in [1.54, 1.807) is 0 Å². The summed E-state index contributed by atoms with van der Waals surface area (Å²) in [5.74, 6) is 0.385. The summed E-state index contributed by atoms with van der Waals surface area (Å²) in [6, 6.07) is 1.86. The summed E-state index contributed by atoms with van der Waals surface area (Å²) in [7, 11) is 0. The zero-order valence-electron chi connectivity index (χ0n) is 9.53. The molecule has 1 heterocycles. The van der Waals surface area contributed by atoms with Crippen molar-refractivity contribution in [2.24, 2.45) is 0 Å². The molecule has 0 unspecified atom stereocenters. The number of carbonyl (C=O) groups excluding carboxylic acids is 1. The van der Waals surface area contributed by atoms with Gasteiger partial charge in [0.15, 0.2) is 6.29 Å².